The number of aromatic nitrogens is 2. The average Bonchev–Trinajstić information content (AvgIpc) is 2.76. The van der Waals surface area contributed by atoms with Crippen LogP contribution in [-0.4, -0.2) is 41.9 Å². The van der Waals surface area contributed by atoms with Gasteiger partial charge in [0.2, 0.25) is 0 Å². The Kier molecular flexibility index (Phi) is 3.31. The summed E-state index contributed by atoms with van der Waals surface area (Å²) in [5.41, 5.74) is 0. The first-order chi connectivity index (χ1) is 7.20. The molecular formula is C10H16BrN3O. The molecule has 0 amide bonds. The van der Waals surface area contributed by atoms with Crippen molar-refractivity contribution in [1.29, 1.82) is 0 Å². The van der Waals surface area contributed by atoms with Crippen LogP contribution < -0.4 is 4.74 Å². The molecule has 1 atom stereocenters. The molecule has 5 heteroatoms. The van der Waals surface area contributed by atoms with Gasteiger partial charge in [-0.3, -0.25) is 4.68 Å². The van der Waals surface area contributed by atoms with Crippen molar-refractivity contribution < 1.29 is 4.74 Å². The Balaban J connectivity index is 2.01. The van der Waals surface area contributed by atoms with Crippen molar-refractivity contribution in [2.75, 3.05) is 27.2 Å². The summed E-state index contributed by atoms with van der Waals surface area (Å²) in [6, 6.07) is 0. The molecule has 1 aromatic rings. The summed E-state index contributed by atoms with van der Waals surface area (Å²) in [5, 5.41) is 4.30. The standard InChI is InChI=1S/C10H16BrN3O/c1-13-4-3-8(6-13)7-14-10(11)9(15-2)5-12-14/h5,8H,3-4,6-7H2,1-2H3. The van der Waals surface area contributed by atoms with E-state index >= 15 is 0 Å². The van der Waals surface area contributed by atoms with Gasteiger partial charge in [0, 0.05) is 13.1 Å². The minimum Gasteiger partial charge on any atom is -0.492 e. The predicted molar refractivity (Wildman–Crippen MR) is 62.1 cm³/mol. The molecule has 1 fully saturated rings. The highest BCUT2D eigenvalue weighted by molar-refractivity contribution is 9.10. The molecule has 1 aromatic heterocycles. The molecule has 0 radical (unpaired) electrons. The summed E-state index contributed by atoms with van der Waals surface area (Å²) in [4.78, 5) is 2.36. The van der Waals surface area contributed by atoms with E-state index in [2.05, 4.69) is 33.0 Å². The summed E-state index contributed by atoms with van der Waals surface area (Å²) in [6.07, 6.45) is 3.01. The molecule has 0 aliphatic carbocycles. The minimum atomic E-state index is 0.705. The van der Waals surface area contributed by atoms with Crippen molar-refractivity contribution in [3.8, 4) is 5.75 Å². The van der Waals surface area contributed by atoms with Crippen molar-refractivity contribution in [3.63, 3.8) is 0 Å². The maximum absolute atomic E-state index is 5.17. The van der Waals surface area contributed by atoms with Gasteiger partial charge in [-0.15, -0.1) is 0 Å². The van der Waals surface area contributed by atoms with Gasteiger partial charge in [-0.25, -0.2) is 0 Å². The second-order valence-corrected chi connectivity index (χ2v) is 4.85. The highest BCUT2D eigenvalue weighted by Crippen LogP contribution is 2.26. The van der Waals surface area contributed by atoms with E-state index in [1.54, 1.807) is 13.3 Å². The third-order valence-corrected chi connectivity index (χ3v) is 3.68. The Morgan fingerprint density at radius 3 is 3.00 bits per heavy atom. The fraction of sp³-hybridized carbons (Fsp3) is 0.700. The van der Waals surface area contributed by atoms with Gasteiger partial charge in [-0.2, -0.15) is 5.10 Å². The van der Waals surface area contributed by atoms with E-state index in [1.807, 2.05) is 4.68 Å². The predicted octanol–water partition coefficient (Wildman–Crippen LogP) is 1.61. The van der Waals surface area contributed by atoms with Crippen LogP contribution in [0.5, 0.6) is 5.75 Å². The lowest BCUT2D eigenvalue weighted by Gasteiger charge is -2.11. The van der Waals surface area contributed by atoms with Gasteiger partial charge in [0.05, 0.1) is 13.3 Å². The average molecular weight is 274 g/mol. The normalized spacial score (nSPS) is 22.2. The van der Waals surface area contributed by atoms with Gasteiger partial charge in [-0.05, 0) is 41.9 Å². The number of hydrogen-bond donors (Lipinski definition) is 0. The largest absolute Gasteiger partial charge is 0.492 e. The molecule has 0 bridgehead atoms. The lowest BCUT2D eigenvalue weighted by Crippen LogP contribution is -2.17. The smallest absolute Gasteiger partial charge is 0.171 e. The van der Waals surface area contributed by atoms with Crippen LogP contribution >= 0.6 is 15.9 Å². The molecule has 0 N–H and O–H groups in total. The van der Waals surface area contributed by atoms with Crippen LogP contribution in [0.15, 0.2) is 10.8 Å². The van der Waals surface area contributed by atoms with Crippen LogP contribution in [0.2, 0.25) is 0 Å². The Morgan fingerprint density at radius 1 is 1.67 bits per heavy atom. The van der Waals surface area contributed by atoms with Gasteiger partial charge in [0.25, 0.3) is 0 Å². The van der Waals surface area contributed by atoms with Crippen molar-refractivity contribution in [2.45, 2.75) is 13.0 Å². The molecule has 15 heavy (non-hydrogen) atoms. The molecule has 0 spiro atoms. The molecule has 0 aromatic carbocycles. The van der Waals surface area contributed by atoms with E-state index in [-0.39, 0.29) is 0 Å². The number of rotatable bonds is 3. The van der Waals surface area contributed by atoms with Gasteiger partial charge >= 0.3 is 0 Å². The molecule has 0 saturated carbocycles. The van der Waals surface area contributed by atoms with Crippen molar-refractivity contribution in [3.05, 3.63) is 10.8 Å². The Labute approximate surface area is 98.3 Å². The fourth-order valence-corrected chi connectivity index (χ4v) is 2.54. The van der Waals surface area contributed by atoms with Crippen LogP contribution in [-0.2, 0) is 6.54 Å². The van der Waals surface area contributed by atoms with Gasteiger partial charge in [-0.1, -0.05) is 0 Å². The van der Waals surface area contributed by atoms with Crippen LogP contribution in [0.25, 0.3) is 0 Å². The van der Waals surface area contributed by atoms with Crippen LogP contribution in [0.3, 0.4) is 0 Å². The first-order valence-electron chi connectivity index (χ1n) is 5.14. The van der Waals surface area contributed by atoms with Crippen LogP contribution in [0, 0.1) is 5.92 Å². The SMILES string of the molecule is COc1cnn(CC2CCN(C)C2)c1Br. The Hall–Kier alpha value is -0.550. The van der Waals surface area contributed by atoms with E-state index in [0.29, 0.717) is 5.92 Å². The number of ether oxygens (including phenoxy) is 1. The molecular weight excluding hydrogens is 258 g/mol. The third-order valence-electron chi connectivity index (χ3n) is 2.88. The van der Waals surface area contributed by atoms with Crippen LogP contribution in [0.4, 0.5) is 0 Å². The molecule has 2 heterocycles. The van der Waals surface area contributed by atoms with E-state index in [0.717, 1.165) is 23.4 Å². The van der Waals surface area contributed by atoms with Crippen LogP contribution in [0.1, 0.15) is 6.42 Å². The zero-order valence-electron chi connectivity index (χ0n) is 9.11. The maximum atomic E-state index is 5.17. The number of methoxy groups -OCH3 is 1. The summed E-state index contributed by atoms with van der Waals surface area (Å²) >= 11 is 3.50. The highest BCUT2D eigenvalue weighted by atomic mass is 79.9. The Morgan fingerprint density at radius 2 is 2.47 bits per heavy atom. The molecule has 1 aliphatic rings. The molecule has 1 saturated heterocycles. The quantitative estimate of drug-likeness (QED) is 0.838. The molecule has 2 rings (SSSR count). The second kappa shape index (κ2) is 4.53. The highest BCUT2D eigenvalue weighted by Gasteiger charge is 2.21. The minimum absolute atomic E-state index is 0.705. The van der Waals surface area contributed by atoms with E-state index in [1.165, 1.54) is 13.0 Å². The van der Waals surface area contributed by atoms with Gasteiger partial charge in [0.15, 0.2) is 5.75 Å². The summed E-state index contributed by atoms with van der Waals surface area (Å²) in [7, 11) is 3.83. The Bertz CT molecular complexity index is 339. The zero-order valence-corrected chi connectivity index (χ0v) is 10.7. The van der Waals surface area contributed by atoms with E-state index in [9.17, 15) is 0 Å². The zero-order chi connectivity index (χ0) is 10.8. The van der Waals surface area contributed by atoms with E-state index in [4.69, 9.17) is 4.74 Å². The van der Waals surface area contributed by atoms with Gasteiger partial charge in [0.1, 0.15) is 4.60 Å². The maximum Gasteiger partial charge on any atom is 0.171 e. The second-order valence-electron chi connectivity index (χ2n) is 4.10. The molecule has 1 aliphatic heterocycles. The number of hydrogen-bond acceptors (Lipinski definition) is 3. The monoisotopic (exact) mass is 273 g/mol. The first kappa shape index (κ1) is 11.0. The van der Waals surface area contributed by atoms with E-state index < -0.39 is 0 Å². The first-order valence-corrected chi connectivity index (χ1v) is 5.94. The third kappa shape index (κ3) is 2.34. The summed E-state index contributed by atoms with van der Waals surface area (Å²) in [5.74, 6) is 1.51. The van der Waals surface area contributed by atoms with Crippen molar-refractivity contribution in [2.24, 2.45) is 5.92 Å². The number of nitrogens with zero attached hydrogens (tertiary/aromatic N) is 3. The summed E-state index contributed by atoms with van der Waals surface area (Å²) in [6.45, 7) is 3.32. The molecule has 84 valence electrons. The lowest BCUT2D eigenvalue weighted by atomic mass is 10.1. The fourth-order valence-electron chi connectivity index (χ4n) is 2.04. The summed E-state index contributed by atoms with van der Waals surface area (Å²) < 4.78 is 8.09. The molecule has 1 unspecified atom stereocenters. The van der Waals surface area contributed by atoms with Crippen molar-refractivity contribution in [1.82, 2.24) is 14.7 Å². The molecule has 4 nitrogen and oxygen atoms in total. The topological polar surface area (TPSA) is 30.3 Å². The lowest BCUT2D eigenvalue weighted by molar-refractivity contribution is 0.366. The number of halogens is 1. The van der Waals surface area contributed by atoms with Gasteiger partial charge < -0.3 is 9.64 Å². The number of likely N-dealkylation sites (tertiary alicyclic amines) is 1. The van der Waals surface area contributed by atoms with Crippen molar-refractivity contribution >= 4 is 15.9 Å².